The molecule has 0 spiro atoms. The first-order chi connectivity index (χ1) is 17.8. The Labute approximate surface area is 230 Å². The largest absolute Gasteiger partial charge is 0.444 e. The SMILES string of the molecule is CC(C)(C)OC(=O)N1C=C(CN(CC2CCC(n3ccc4c(Cl)ncnc43)C2)C(=O)OC(C)(C)C)CCC1. The average Bonchev–Trinajstić information content (AvgIpc) is 3.44. The summed E-state index contributed by atoms with van der Waals surface area (Å²) in [6.07, 6.45) is 9.24. The van der Waals surface area contributed by atoms with Gasteiger partial charge in [-0.05, 0) is 91.2 Å². The Morgan fingerprint density at radius 3 is 2.55 bits per heavy atom. The highest BCUT2D eigenvalue weighted by molar-refractivity contribution is 6.33. The van der Waals surface area contributed by atoms with Gasteiger partial charge in [-0.3, -0.25) is 4.90 Å². The zero-order valence-electron chi connectivity index (χ0n) is 23.4. The molecule has 1 aliphatic heterocycles. The molecule has 3 heterocycles. The number of amides is 2. The molecule has 4 rings (SSSR count). The molecule has 1 saturated carbocycles. The molecule has 9 nitrogen and oxygen atoms in total. The molecule has 1 aliphatic carbocycles. The van der Waals surface area contributed by atoms with E-state index < -0.39 is 11.2 Å². The Kier molecular flexibility index (Phi) is 8.26. The molecule has 1 fully saturated rings. The molecule has 0 radical (unpaired) electrons. The molecular weight excluding hydrogens is 506 g/mol. The molecule has 38 heavy (non-hydrogen) atoms. The maximum absolute atomic E-state index is 13.3. The van der Waals surface area contributed by atoms with Gasteiger partial charge in [-0.25, -0.2) is 19.6 Å². The van der Waals surface area contributed by atoms with Crippen LogP contribution < -0.4 is 0 Å². The zero-order valence-corrected chi connectivity index (χ0v) is 24.1. The third-order valence-electron chi connectivity index (χ3n) is 6.76. The molecule has 2 aromatic heterocycles. The number of fused-ring (bicyclic) bond motifs is 1. The van der Waals surface area contributed by atoms with Crippen LogP contribution in [0, 0.1) is 5.92 Å². The van der Waals surface area contributed by atoms with Crippen molar-refractivity contribution in [3.63, 3.8) is 0 Å². The first kappa shape index (κ1) is 28.2. The van der Waals surface area contributed by atoms with Crippen molar-refractivity contribution in [2.45, 2.75) is 90.9 Å². The minimum atomic E-state index is -0.597. The van der Waals surface area contributed by atoms with Crippen molar-refractivity contribution in [2.24, 2.45) is 5.92 Å². The lowest BCUT2D eigenvalue weighted by Crippen LogP contribution is -2.42. The van der Waals surface area contributed by atoms with Crippen LogP contribution in [0.15, 0.2) is 30.4 Å². The summed E-state index contributed by atoms with van der Waals surface area (Å²) in [5.74, 6) is 0.313. The van der Waals surface area contributed by atoms with E-state index in [-0.39, 0.29) is 18.2 Å². The smallest absolute Gasteiger partial charge is 0.414 e. The van der Waals surface area contributed by atoms with E-state index >= 15 is 0 Å². The van der Waals surface area contributed by atoms with Crippen LogP contribution in [0.5, 0.6) is 0 Å². The standard InChI is InChI=1S/C28H40ClN5O4/c1-27(2,3)37-25(35)32-12-7-8-20(16-32)17-33(26(36)38-28(4,5)6)15-19-9-10-21(14-19)34-13-11-22-23(29)30-18-31-24(22)34/h11,13,16,18-19,21H,7-10,12,14-15,17H2,1-6H3. The highest BCUT2D eigenvalue weighted by Crippen LogP contribution is 2.38. The molecule has 2 aliphatic rings. The molecule has 0 aromatic carbocycles. The number of hydrogen-bond donors (Lipinski definition) is 0. The predicted octanol–water partition coefficient (Wildman–Crippen LogP) is 6.58. The van der Waals surface area contributed by atoms with Crippen molar-refractivity contribution in [2.75, 3.05) is 19.6 Å². The van der Waals surface area contributed by atoms with E-state index in [4.69, 9.17) is 21.1 Å². The van der Waals surface area contributed by atoms with Gasteiger partial charge in [0.2, 0.25) is 0 Å². The number of aromatic nitrogens is 3. The fraction of sp³-hybridized carbons (Fsp3) is 0.643. The summed E-state index contributed by atoms with van der Waals surface area (Å²) in [5, 5.41) is 1.31. The maximum Gasteiger partial charge on any atom is 0.414 e. The quantitative estimate of drug-likeness (QED) is 0.394. The van der Waals surface area contributed by atoms with E-state index in [0.29, 0.717) is 30.7 Å². The molecule has 2 atom stereocenters. The van der Waals surface area contributed by atoms with Gasteiger partial charge in [0.05, 0.1) is 5.39 Å². The summed E-state index contributed by atoms with van der Waals surface area (Å²) in [6.45, 7) is 12.8. The van der Waals surface area contributed by atoms with Gasteiger partial charge in [0.25, 0.3) is 0 Å². The van der Waals surface area contributed by atoms with Crippen LogP contribution >= 0.6 is 11.6 Å². The third kappa shape index (κ3) is 7.18. The number of carbonyl (C=O) groups is 2. The first-order valence-corrected chi connectivity index (χ1v) is 13.8. The molecule has 0 N–H and O–H groups in total. The van der Waals surface area contributed by atoms with Crippen LogP contribution in [0.2, 0.25) is 5.15 Å². The summed E-state index contributed by atoms with van der Waals surface area (Å²) in [6, 6.07) is 2.24. The third-order valence-corrected chi connectivity index (χ3v) is 7.06. The Hall–Kier alpha value is -2.81. The molecule has 0 saturated heterocycles. The molecule has 2 amide bonds. The monoisotopic (exact) mass is 545 g/mol. The van der Waals surface area contributed by atoms with Gasteiger partial charge in [0.1, 0.15) is 28.3 Å². The van der Waals surface area contributed by atoms with E-state index in [1.165, 1.54) is 6.33 Å². The lowest BCUT2D eigenvalue weighted by molar-refractivity contribution is 0.0234. The Balaban J connectivity index is 1.47. The van der Waals surface area contributed by atoms with E-state index in [9.17, 15) is 9.59 Å². The lowest BCUT2D eigenvalue weighted by atomic mass is 10.0. The summed E-state index contributed by atoms with van der Waals surface area (Å²) in [7, 11) is 0. The molecule has 10 heteroatoms. The molecule has 2 aromatic rings. The Morgan fingerprint density at radius 1 is 1.11 bits per heavy atom. The summed E-state index contributed by atoms with van der Waals surface area (Å²) >= 11 is 6.26. The van der Waals surface area contributed by atoms with Gasteiger partial charge in [-0.15, -0.1) is 0 Å². The molecule has 2 unspecified atom stereocenters. The second-order valence-electron chi connectivity index (χ2n) is 12.4. The number of nitrogens with zero attached hydrogens (tertiary/aromatic N) is 5. The van der Waals surface area contributed by atoms with Gasteiger partial charge in [-0.1, -0.05) is 11.6 Å². The highest BCUT2D eigenvalue weighted by Gasteiger charge is 2.32. The minimum absolute atomic E-state index is 0.278. The minimum Gasteiger partial charge on any atom is -0.444 e. The van der Waals surface area contributed by atoms with Gasteiger partial charge in [-0.2, -0.15) is 0 Å². The number of hydrogen-bond acceptors (Lipinski definition) is 6. The first-order valence-electron chi connectivity index (χ1n) is 13.4. The van der Waals surface area contributed by atoms with Crippen LogP contribution in [0.1, 0.15) is 79.7 Å². The van der Waals surface area contributed by atoms with Gasteiger partial charge < -0.3 is 18.9 Å². The lowest BCUT2D eigenvalue weighted by Gasteiger charge is -2.32. The topological polar surface area (TPSA) is 89.8 Å². The average molecular weight is 546 g/mol. The summed E-state index contributed by atoms with van der Waals surface area (Å²) < 4.78 is 13.5. The van der Waals surface area contributed by atoms with E-state index in [2.05, 4.69) is 14.5 Å². The molecule has 208 valence electrons. The van der Waals surface area contributed by atoms with Crippen LogP contribution in [-0.2, 0) is 9.47 Å². The van der Waals surface area contributed by atoms with Crippen molar-refractivity contribution < 1.29 is 19.1 Å². The van der Waals surface area contributed by atoms with Crippen molar-refractivity contribution in [3.05, 3.63) is 35.5 Å². The predicted molar refractivity (Wildman–Crippen MR) is 147 cm³/mol. The van der Waals surface area contributed by atoms with Crippen molar-refractivity contribution in [1.29, 1.82) is 0 Å². The number of ether oxygens (including phenoxy) is 2. The van der Waals surface area contributed by atoms with E-state index in [1.807, 2.05) is 60.0 Å². The normalized spacial score (nSPS) is 20.4. The van der Waals surface area contributed by atoms with Crippen LogP contribution in [0.25, 0.3) is 11.0 Å². The van der Waals surface area contributed by atoms with E-state index in [1.54, 1.807) is 9.80 Å². The van der Waals surface area contributed by atoms with Crippen molar-refractivity contribution >= 4 is 34.8 Å². The number of rotatable bonds is 5. The highest BCUT2D eigenvalue weighted by atomic mass is 35.5. The molecular formula is C28H40ClN5O4. The summed E-state index contributed by atoms with van der Waals surface area (Å²) in [4.78, 5) is 37.9. The second kappa shape index (κ2) is 11.1. The fourth-order valence-electron chi connectivity index (χ4n) is 5.20. The van der Waals surface area contributed by atoms with Gasteiger partial charge in [0.15, 0.2) is 0 Å². The fourth-order valence-corrected chi connectivity index (χ4v) is 5.39. The van der Waals surface area contributed by atoms with Crippen LogP contribution in [0.4, 0.5) is 9.59 Å². The van der Waals surface area contributed by atoms with Crippen LogP contribution in [-0.4, -0.2) is 67.4 Å². The zero-order chi connectivity index (χ0) is 27.7. The van der Waals surface area contributed by atoms with E-state index in [0.717, 1.165) is 48.7 Å². The Bertz CT molecular complexity index is 1200. The second-order valence-corrected chi connectivity index (χ2v) is 12.7. The number of halogens is 1. The van der Waals surface area contributed by atoms with Crippen molar-refractivity contribution in [3.8, 4) is 0 Å². The molecule has 0 bridgehead atoms. The van der Waals surface area contributed by atoms with Crippen molar-refractivity contribution in [1.82, 2.24) is 24.3 Å². The van der Waals surface area contributed by atoms with Gasteiger partial charge >= 0.3 is 12.2 Å². The van der Waals surface area contributed by atoms with Gasteiger partial charge in [0, 0.05) is 38.1 Å². The Morgan fingerprint density at radius 2 is 1.84 bits per heavy atom. The number of carbonyl (C=O) groups excluding carboxylic acids is 2. The van der Waals surface area contributed by atoms with Crippen LogP contribution in [0.3, 0.4) is 0 Å². The maximum atomic E-state index is 13.3. The summed E-state index contributed by atoms with van der Waals surface area (Å²) in [5.41, 5.74) is 0.701.